The molecule has 0 bridgehead atoms. The topological polar surface area (TPSA) is 66.5 Å². The first-order valence-electron chi connectivity index (χ1n) is 11.7. The summed E-state index contributed by atoms with van der Waals surface area (Å²) < 4.78 is 22.3. The van der Waals surface area contributed by atoms with Gasteiger partial charge in [0.1, 0.15) is 15.6 Å². The van der Waals surface area contributed by atoms with E-state index >= 15 is 0 Å². The van der Waals surface area contributed by atoms with Crippen molar-refractivity contribution in [2.24, 2.45) is 11.3 Å². The molecule has 1 aromatic rings. The molecule has 3 fully saturated rings. The zero-order chi connectivity index (χ0) is 22.1. The SMILES string of the molecule is CC/C(=C\c1ccccc1)[C@@H]1C[C@H]1NC1CC2(C1)CN(CC(=O)CCCS(C)(=O)=O)C2. The van der Waals surface area contributed by atoms with Gasteiger partial charge in [-0.25, -0.2) is 8.42 Å². The van der Waals surface area contributed by atoms with Crippen molar-refractivity contribution < 1.29 is 13.2 Å². The minimum Gasteiger partial charge on any atom is -0.311 e. The van der Waals surface area contributed by atoms with Crippen LogP contribution in [-0.4, -0.2) is 62.8 Å². The monoisotopic (exact) mass is 444 g/mol. The van der Waals surface area contributed by atoms with Crippen molar-refractivity contribution in [2.45, 2.75) is 57.5 Å². The molecule has 2 atom stereocenters. The van der Waals surface area contributed by atoms with Crippen molar-refractivity contribution in [3.8, 4) is 0 Å². The van der Waals surface area contributed by atoms with E-state index in [0.29, 0.717) is 42.8 Å². The Balaban J connectivity index is 1.13. The number of benzene rings is 1. The summed E-state index contributed by atoms with van der Waals surface area (Å²) in [7, 11) is -2.97. The van der Waals surface area contributed by atoms with Crippen molar-refractivity contribution in [2.75, 3.05) is 31.6 Å². The third kappa shape index (κ3) is 6.05. The van der Waals surface area contributed by atoms with Gasteiger partial charge in [-0.2, -0.15) is 0 Å². The summed E-state index contributed by atoms with van der Waals surface area (Å²) in [5.74, 6) is 0.966. The number of carbonyl (C=O) groups excluding carboxylic acids is 1. The van der Waals surface area contributed by atoms with Crippen LogP contribution in [0.5, 0.6) is 0 Å². The summed E-state index contributed by atoms with van der Waals surface area (Å²) in [5.41, 5.74) is 3.28. The second kappa shape index (κ2) is 9.16. The number of rotatable bonds is 11. The lowest BCUT2D eigenvalue weighted by Gasteiger charge is -2.59. The smallest absolute Gasteiger partial charge is 0.147 e. The molecule has 2 aliphatic carbocycles. The molecule has 5 nitrogen and oxygen atoms in total. The number of sulfone groups is 1. The number of carbonyl (C=O) groups is 1. The molecule has 170 valence electrons. The minimum absolute atomic E-state index is 0.110. The zero-order valence-corrected chi connectivity index (χ0v) is 19.7. The van der Waals surface area contributed by atoms with Gasteiger partial charge in [-0.15, -0.1) is 0 Å². The van der Waals surface area contributed by atoms with Gasteiger partial charge in [0.25, 0.3) is 0 Å². The Labute approximate surface area is 187 Å². The van der Waals surface area contributed by atoms with E-state index in [1.807, 2.05) is 0 Å². The minimum atomic E-state index is -2.97. The Morgan fingerprint density at radius 2 is 1.94 bits per heavy atom. The number of hydrogen-bond donors (Lipinski definition) is 1. The van der Waals surface area contributed by atoms with Crippen molar-refractivity contribution in [3.05, 3.63) is 41.5 Å². The predicted octanol–water partition coefficient (Wildman–Crippen LogP) is 3.32. The highest BCUT2D eigenvalue weighted by molar-refractivity contribution is 7.90. The van der Waals surface area contributed by atoms with Crippen molar-refractivity contribution >= 4 is 21.7 Å². The molecule has 3 aliphatic rings. The van der Waals surface area contributed by atoms with Crippen LogP contribution in [0.4, 0.5) is 0 Å². The molecule has 0 aromatic heterocycles. The molecule has 1 spiro atoms. The number of nitrogens with one attached hydrogen (secondary N) is 1. The fraction of sp³-hybridized carbons (Fsp3) is 0.640. The Morgan fingerprint density at radius 3 is 2.58 bits per heavy atom. The number of Topliss-reactive ketones (excluding diaryl/α,β-unsaturated/α-hetero) is 1. The summed E-state index contributed by atoms with van der Waals surface area (Å²) in [4.78, 5) is 14.3. The number of hydrogen-bond acceptors (Lipinski definition) is 5. The van der Waals surface area contributed by atoms with E-state index in [2.05, 4.69) is 53.5 Å². The molecule has 0 unspecified atom stereocenters. The van der Waals surface area contributed by atoms with E-state index in [9.17, 15) is 13.2 Å². The van der Waals surface area contributed by atoms with Gasteiger partial charge in [0.15, 0.2) is 0 Å². The molecule has 6 heteroatoms. The van der Waals surface area contributed by atoms with Crippen LogP contribution in [0.2, 0.25) is 0 Å². The van der Waals surface area contributed by atoms with E-state index in [1.165, 1.54) is 31.1 Å². The molecule has 0 radical (unpaired) electrons. The third-order valence-corrected chi connectivity index (χ3v) is 8.15. The molecule has 1 aliphatic heterocycles. The normalized spacial score (nSPS) is 25.8. The molecular formula is C25H36N2O3S. The lowest BCUT2D eigenvalue weighted by atomic mass is 9.60. The van der Waals surface area contributed by atoms with Gasteiger partial charge in [0.05, 0.1) is 12.3 Å². The van der Waals surface area contributed by atoms with Crippen LogP contribution in [0.1, 0.15) is 51.0 Å². The van der Waals surface area contributed by atoms with Crippen LogP contribution >= 0.6 is 0 Å². The number of nitrogens with zero attached hydrogens (tertiary/aromatic N) is 1. The second-order valence-electron chi connectivity index (χ2n) is 10.1. The lowest BCUT2D eigenvalue weighted by Crippen LogP contribution is -2.66. The van der Waals surface area contributed by atoms with Gasteiger partial charge < -0.3 is 5.32 Å². The summed E-state index contributed by atoms with van der Waals surface area (Å²) in [6, 6.07) is 11.9. The van der Waals surface area contributed by atoms with Gasteiger partial charge in [0, 0.05) is 37.8 Å². The first kappa shape index (κ1) is 22.7. The summed E-state index contributed by atoms with van der Waals surface area (Å²) in [6.45, 7) is 4.78. The summed E-state index contributed by atoms with van der Waals surface area (Å²) in [5, 5.41) is 3.88. The van der Waals surface area contributed by atoms with Crippen LogP contribution in [-0.2, 0) is 14.6 Å². The van der Waals surface area contributed by atoms with Crippen LogP contribution < -0.4 is 5.32 Å². The average molecular weight is 445 g/mol. The first-order valence-corrected chi connectivity index (χ1v) is 13.7. The maximum absolute atomic E-state index is 12.1. The van der Waals surface area contributed by atoms with Gasteiger partial charge in [-0.3, -0.25) is 9.69 Å². The maximum Gasteiger partial charge on any atom is 0.147 e. The molecule has 1 heterocycles. The summed E-state index contributed by atoms with van der Waals surface area (Å²) >= 11 is 0. The van der Waals surface area contributed by atoms with E-state index in [-0.39, 0.29) is 11.5 Å². The zero-order valence-electron chi connectivity index (χ0n) is 18.8. The molecule has 1 saturated heterocycles. The van der Waals surface area contributed by atoms with Crippen molar-refractivity contribution in [1.82, 2.24) is 10.2 Å². The standard InChI is InChI=1S/C25H36N2O3S/c1-3-20(12-19-8-5-4-6-9-19)23-13-24(23)26-21-14-25(15-21)17-27(18-25)16-22(28)10-7-11-31(2,29)30/h4-6,8-9,12,21,23-24,26H,3,7,10-11,13-18H2,1-2H3/b20-12+/t23-,24+/m0/s1. The molecular weight excluding hydrogens is 408 g/mol. The molecule has 31 heavy (non-hydrogen) atoms. The molecule has 1 aromatic carbocycles. The van der Waals surface area contributed by atoms with Gasteiger partial charge in [-0.1, -0.05) is 48.9 Å². The number of ketones is 1. The Hall–Kier alpha value is -1.50. The van der Waals surface area contributed by atoms with Crippen LogP contribution in [0.25, 0.3) is 6.08 Å². The van der Waals surface area contributed by atoms with Gasteiger partial charge in [0.2, 0.25) is 0 Å². The molecule has 4 rings (SSSR count). The lowest BCUT2D eigenvalue weighted by molar-refractivity contribution is -0.128. The van der Waals surface area contributed by atoms with Crippen LogP contribution in [0.3, 0.4) is 0 Å². The van der Waals surface area contributed by atoms with E-state index < -0.39 is 9.84 Å². The highest BCUT2D eigenvalue weighted by atomic mass is 32.2. The van der Waals surface area contributed by atoms with Crippen LogP contribution in [0.15, 0.2) is 35.9 Å². The summed E-state index contributed by atoms with van der Waals surface area (Å²) in [6.07, 6.45) is 9.22. The van der Waals surface area contributed by atoms with Crippen molar-refractivity contribution in [3.63, 3.8) is 0 Å². The quantitative estimate of drug-likeness (QED) is 0.567. The predicted molar refractivity (Wildman–Crippen MR) is 126 cm³/mol. The third-order valence-electron chi connectivity index (χ3n) is 7.12. The van der Waals surface area contributed by atoms with E-state index in [1.54, 1.807) is 5.57 Å². The van der Waals surface area contributed by atoms with Crippen LogP contribution in [0, 0.1) is 11.3 Å². The Bertz CT molecular complexity index is 911. The fourth-order valence-corrected chi connectivity index (χ4v) is 6.23. The Morgan fingerprint density at radius 1 is 1.23 bits per heavy atom. The molecule has 1 N–H and O–H groups in total. The van der Waals surface area contributed by atoms with Gasteiger partial charge >= 0.3 is 0 Å². The second-order valence-corrected chi connectivity index (χ2v) is 12.4. The van der Waals surface area contributed by atoms with E-state index in [4.69, 9.17) is 0 Å². The Kier molecular flexibility index (Phi) is 6.71. The first-order chi connectivity index (χ1) is 14.8. The fourth-order valence-electron chi connectivity index (χ4n) is 5.56. The molecule has 0 amide bonds. The highest BCUT2D eigenvalue weighted by Crippen LogP contribution is 2.50. The maximum atomic E-state index is 12.1. The van der Waals surface area contributed by atoms with Crippen molar-refractivity contribution in [1.29, 1.82) is 0 Å². The van der Waals surface area contributed by atoms with Gasteiger partial charge in [-0.05, 0) is 49.0 Å². The average Bonchev–Trinajstić information content (AvgIpc) is 3.41. The highest BCUT2D eigenvalue weighted by Gasteiger charge is 2.54. The molecule has 2 saturated carbocycles. The number of likely N-dealkylation sites (tertiary alicyclic amines) is 1. The van der Waals surface area contributed by atoms with E-state index in [0.717, 1.165) is 19.5 Å². The largest absolute Gasteiger partial charge is 0.311 e.